The third-order valence-electron chi connectivity index (χ3n) is 4.01. The lowest BCUT2D eigenvalue weighted by atomic mass is 9.99. The standard InChI is InChI=1S/C15H23N3O3/c1-20-14-5-6-18(13(7-14)8-16)10-12-4-3-11(9-17-12)15(19)21-2/h3-4,9,13-14H,5-8,10,16H2,1-2H3. The van der Waals surface area contributed by atoms with Crippen LogP contribution in [0.3, 0.4) is 0 Å². The van der Waals surface area contributed by atoms with Gasteiger partial charge in [0.05, 0.1) is 24.5 Å². The van der Waals surface area contributed by atoms with Crippen molar-refractivity contribution in [1.82, 2.24) is 9.88 Å². The van der Waals surface area contributed by atoms with Gasteiger partial charge in [-0.3, -0.25) is 9.88 Å². The van der Waals surface area contributed by atoms with Gasteiger partial charge in [-0.25, -0.2) is 4.79 Å². The van der Waals surface area contributed by atoms with Crippen LogP contribution >= 0.6 is 0 Å². The Hall–Kier alpha value is -1.50. The molecule has 1 aromatic heterocycles. The largest absolute Gasteiger partial charge is 0.465 e. The van der Waals surface area contributed by atoms with Crippen LogP contribution in [-0.2, 0) is 16.0 Å². The summed E-state index contributed by atoms with van der Waals surface area (Å²) in [6.07, 6.45) is 3.81. The van der Waals surface area contributed by atoms with Crippen LogP contribution in [0.2, 0.25) is 0 Å². The average Bonchev–Trinajstić information content (AvgIpc) is 2.55. The highest BCUT2D eigenvalue weighted by Gasteiger charge is 2.27. The number of nitrogens with zero attached hydrogens (tertiary/aromatic N) is 2. The first kappa shape index (κ1) is 15.9. The van der Waals surface area contributed by atoms with Gasteiger partial charge in [-0.15, -0.1) is 0 Å². The highest BCUT2D eigenvalue weighted by molar-refractivity contribution is 5.88. The van der Waals surface area contributed by atoms with Crippen LogP contribution in [0.15, 0.2) is 18.3 Å². The Kier molecular flexibility index (Phi) is 5.67. The Labute approximate surface area is 125 Å². The first-order chi connectivity index (χ1) is 10.2. The number of methoxy groups -OCH3 is 2. The van der Waals surface area contributed by atoms with E-state index in [0.717, 1.165) is 31.6 Å². The molecule has 2 N–H and O–H groups in total. The molecule has 1 aliphatic rings. The van der Waals surface area contributed by atoms with E-state index in [4.69, 9.17) is 10.5 Å². The minimum atomic E-state index is -0.366. The molecular formula is C15H23N3O3. The van der Waals surface area contributed by atoms with Crippen molar-refractivity contribution < 1.29 is 14.3 Å². The van der Waals surface area contributed by atoms with Gasteiger partial charge in [0.25, 0.3) is 0 Å². The number of piperidine rings is 1. The van der Waals surface area contributed by atoms with Crippen molar-refractivity contribution in [3.05, 3.63) is 29.6 Å². The monoisotopic (exact) mass is 293 g/mol. The molecule has 2 atom stereocenters. The second-order valence-electron chi connectivity index (χ2n) is 5.27. The fourth-order valence-electron chi connectivity index (χ4n) is 2.69. The zero-order chi connectivity index (χ0) is 15.2. The van der Waals surface area contributed by atoms with Gasteiger partial charge in [0.1, 0.15) is 0 Å². The van der Waals surface area contributed by atoms with Crippen molar-refractivity contribution in [3.8, 4) is 0 Å². The summed E-state index contributed by atoms with van der Waals surface area (Å²) in [5, 5.41) is 0. The first-order valence-corrected chi connectivity index (χ1v) is 7.18. The van der Waals surface area contributed by atoms with Crippen molar-refractivity contribution >= 4 is 5.97 Å². The van der Waals surface area contributed by atoms with Crippen LogP contribution in [0.4, 0.5) is 0 Å². The maximum absolute atomic E-state index is 11.4. The molecule has 21 heavy (non-hydrogen) atoms. The molecule has 2 unspecified atom stereocenters. The number of aromatic nitrogens is 1. The lowest BCUT2D eigenvalue weighted by molar-refractivity contribution is 0.00977. The number of likely N-dealkylation sites (tertiary alicyclic amines) is 1. The Morgan fingerprint density at radius 2 is 2.29 bits per heavy atom. The Morgan fingerprint density at radius 1 is 1.48 bits per heavy atom. The molecule has 0 radical (unpaired) electrons. The lowest BCUT2D eigenvalue weighted by Crippen LogP contribution is -2.48. The van der Waals surface area contributed by atoms with Crippen LogP contribution in [0.5, 0.6) is 0 Å². The second kappa shape index (κ2) is 7.49. The molecule has 1 aromatic rings. The third kappa shape index (κ3) is 4.00. The maximum Gasteiger partial charge on any atom is 0.339 e. The minimum absolute atomic E-state index is 0.296. The predicted octanol–water partition coefficient (Wildman–Crippen LogP) is 0.806. The topological polar surface area (TPSA) is 77.7 Å². The highest BCUT2D eigenvalue weighted by Crippen LogP contribution is 2.20. The summed E-state index contributed by atoms with van der Waals surface area (Å²) in [5.74, 6) is -0.366. The van der Waals surface area contributed by atoms with E-state index < -0.39 is 0 Å². The van der Waals surface area contributed by atoms with Gasteiger partial charge in [-0.2, -0.15) is 0 Å². The zero-order valence-corrected chi connectivity index (χ0v) is 12.6. The molecule has 2 heterocycles. The van der Waals surface area contributed by atoms with Crippen LogP contribution in [-0.4, -0.2) is 55.3 Å². The van der Waals surface area contributed by atoms with Crippen molar-refractivity contribution in [1.29, 1.82) is 0 Å². The number of rotatable bonds is 5. The normalized spacial score (nSPS) is 23.0. The van der Waals surface area contributed by atoms with Crippen molar-refractivity contribution in [2.75, 3.05) is 27.3 Å². The SMILES string of the molecule is COC(=O)c1ccc(CN2CCC(OC)CC2CN)nc1. The van der Waals surface area contributed by atoms with E-state index in [1.165, 1.54) is 7.11 Å². The Balaban J connectivity index is 1.99. The second-order valence-corrected chi connectivity index (χ2v) is 5.27. The zero-order valence-electron chi connectivity index (χ0n) is 12.6. The summed E-state index contributed by atoms with van der Waals surface area (Å²) in [6.45, 7) is 2.29. The molecule has 0 aliphatic carbocycles. The quantitative estimate of drug-likeness (QED) is 0.809. The van der Waals surface area contributed by atoms with Crippen molar-refractivity contribution in [2.45, 2.75) is 31.5 Å². The van der Waals surface area contributed by atoms with Crippen molar-refractivity contribution in [2.24, 2.45) is 5.73 Å². The van der Waals surface area contributed by atoms with E-state index in [1.807, 2.05) is 6.07 Å². The maximum atomic E-state index is 11.4. The van der Waals surface area contributed by atoms with E-state index in [0.29, 0.717) is 24.3 Å². The van der Waals surface area contributed by atoms with Crippen LogP contribution in [0.1, 0.15) is 28.9 Å². The molecule has 116 valence electrons. The number of hydrogen-bond acceptors (Lipinski definition) is 6. The predicted molar refractivity (Wildman–Crippen MR) is 78.9 cm³/mol. The number of pyridine rings is 1. The van der Waals surface area contributed by atoms with Gasteiger partial charge in [0, 0.05) is 39.0 Å². The lowest BCUT2D eigenvalue weighted by Gasteiger charge is -2.38. The molecule has 6 heteroatoms. The fourth-order valence-corrected chi connectivity index (χ4v) is 2.69. The van der Waals surface area contributed by atoms with E-state index in [2.05, 4.69) is 14.6 Å². The highest BCUT2D eigenvalue weighted by atomic mass is 16.5. The Bertz CT molecular complexity index is 464. The van der Waals surface area contributed by atoms with Gasteiger partial charge < -0.3 is 15.2 Å². The summed E-state index contributed by atoms with van der Waals surface area (Å²) in [5.41, 5.74) is 7.26. The molecule has 0 bridgehead atoms. The molecular weight excluding hydrogens is 270 g/mol. The minimum Gasteiger partial charge on any atom is -0.465 e. The molecule has 6 nitrogen and oxygen atoms in total. The summed E-state index contributed by atoms with van der Waals surface area (Å²) < 4.78 is 10.1. The third-order valence-corrected chi connectivity index (χ3v) is 4.01. The summed E-state index contributed by atoms with van der Waals surface area (Å²) >= 11 is 0. The van der Waals surface area contributed by atoms with E-state index in [-0.39, 0.29) is 5.97 Å². The number of nitrogens with two attached hydrogens (primary N) is 1. The average molecular weight is 293 g/mol. The number of carbonyl (C=O) groups excluding carboxylic acids is 1. The van der Waals surface area contributed by atoms with Crippen LogP contribution in [0.25, 0.3) is 0 Å². The molecule has 1 aliphatic heterocycles. The fraction of sp³-hybridized carbons (Fsp3) is 0.600. The molecule has 0 amide bonds. The van der Waals surface area contributed by atoms with Gasteiger partial charge in [0.2, 0.25) is 0 Å². The van der Waals surface area contributed by atoms with Crippen LogP contribution < -0.4 is 5.73 Å². The number of carbonyl (C=O) groups is 1. The van der Waals surface area contributed by atoms with Gasteiger partial charge >= 0.3 is 5.97 Å². The van der Waals surface area contributed by atoms with E-state index in [1.54, 1.807) is 19.4 Å². The van der Waals surface area contributed by atoms with Crippen LogP contribution in [0, 0.1) is 0 Å². The van der Waals surface area contributed by atoms with Gasteiger partial charge in [-0.1, -0.05) is 0 Å². The molecule has 0 saturated carbocycles. The molecule has 1 saturated heterocycles. The summed E-state index contributed by atoms with van der Waals surface area (Å²) in [7, 11) is 3.11. The summed E-state index contributed by atoms with van der Waals surface area (Å²) in [6, 6.07) is 3.92. The first-order valence-electron chi connectivity index (χ1n) is 7.18. The van der Waals surface area contributed by atoms with Crippen molar-refractivity contribution in [3.63, 3.8) is 0 Å². The van der Waals surface area contributed by atoms with E-state index in [9.17, 15) is 4.79 Å². The van der Waals surface area contributed by atoms with Gasteiger partial charge in [0.15, 0.2) is 0 Å². The molecule has 0 aromatic carbocycles. The van der Waals surface area contributed by atoms with Gasteiger partial charge in [-0.05, 0) is 25.0 Å². The number of ether oxygens (including phenoxy) is 2. The summed E-state index contributed by atoms with van der Waals surface area (Å²) in [4.78, 5) is 18.0. The van der Waals surface area contributed by atoms with E-state index >= 15 is 0 Å². The number of hydrogen-bond donors (Lipinski definition) is 1. The number of esters is 1. The molecule has 0 spiro atoms. The molecule has 1 fully saturated rings. The smallest absolute Gasteiger partial charge is 0.339 e. The Morgan fingerprint density at radius 3 is 2.86 bits per heavy atom. The molecule has 2 rings (SSSR count).